The van der Waals surface area contributed by atoms with E-state index in [0.29, 0.717) is 5.75 Å². The Bertz CT molecular complexity index is 588. The first-order valence-corrected chi connectivity index (χ1v) is 7.46. The lowest BCUT2D eigenvalue weighted by Gasteiger charge is -2.26. The number of carboxylic acid groups (broad SMARTS) is 1. The van der Waals surface area contributed by atoms with Gasteiger partial charge in [-0.05, 0) is 51.0 Å². The van der Waals surface area contributed by atoms with Crippen LogP contribution >= 0.6 is 0 Å². The van der Waals surface area contributed by atoms with Crippen molar-refractivity contribution >= 4 is 11.9 Å². The summed E-state index contributed by atoms with van der Waals surface area (Å²) in [7, 11) is 0. The number of halogens is 2. The van der Waals surface area contributed by atoms with Gasteiger partial charge in [0.1, 0.15) is 11.4 Å². The Balaban J connectivity index is 2.91. The minimum atomic E-state index is -4.17. The average molecular weight is 344 g/mol. The fourth-order valence-electron chi connectivity index (χ4n) is 1.95. The van der Waals surface area contributed by atoms with Crippen LogP contribution in [-0.4, -0.2) is 34.7 Å². The molecule has 0 radical (unpaired) electrons. The molecule has 1 aromatic rings. The fourth-order valence-corrected chi connectivity index (χ4v) is 1.95. The molecule has 1 rings (SSSR count). The molecule has 1 N–H and O–H groups in total. The van der Waals surface area contributed by atoms with Crippen LogP contribution < -0.4 is 4.74 Å². The van der Waals surface area contributed by atoms with E-state index in [0.717, 1.165) is 0 Å². The Morgan fingerprint density at radius 3 is 1.96 bits per heavy atom. The van der Waals surface area contributed by atoms with Crippen LogP contribution in [0.25, 0.3) is 0 Å². The average Bonchev–Trinajstić information content (AvgIpc) is 2.42. The van der Waals surface area contributed by atoms with Crippen molar-refractivity contribution in [2.75, 3.05) is 0 Å². The van der Waals surface area contributed by atoms with Gasteiger partial charge in [0.25, 0.3) is 0 Å². The van der Waals surface area contributed by atoms with E-state index in [1.807, 2.05) is 20.8 Å². The van der Waals surface area contributed by atoms with Crippen LogP contribution in [0.2, 0.25) is 0 Å². The van der Waals surface area contributed by atoms with Crippen LogP contribution in [0.3, 0.4) is 0 Å². The minimum absolute atomic E-state index is 0.0306. The second-order valence-corrected chi connectivity index (χ2v) is 6.74. The van der Waals surface area contributed by atoms with Gasteiger partial charge in [-0.3, -0.25) is 0 Å². The molecule has 0 aromatic heterocycles. The second-order valence-electron chi connectivity index (χ2n) is 6.74. The van der Waals surface area contributed by atoms with Gasteiger partial charge in [-0.1, -0.05) is 13.8 Å². The van der Waals surface area contributed by atoms with Crippen LogP contribution in [0.5, 0.6) is 5.75 Å². The molecule has 24 heavy (non-hydrogen) atoms. The minimum Gasteiger partial charge on any atom is -0.488 e. The van der Waals surface area contributed by atoms with Crippen molar-refractivity contribution in [3.63, 3.8) is 0 Å². The number of ether oxygens (including phenoxy) is 2. The first kappa shape index (κ1) is 19.9. The molecule has 0 spiro atoms. The Hall–Kier alpha value is -2.18. The van der Waals surface area contributed by atoms with Crippen molar-refractivity contribution in [3.05, 3.63) is 29.8 Å². The van der Waals surface area contributed by atoms with Crippen molar-refractivity contribution in [1.82, 2.24) is 0 Å². The van der Waals surface area contributed by atoms with Crippen LogP contribution in [0.1, 0.15) is 45.0 Å². The third-order valence-electron chi connectivity index (χ3n) is 3.00. The van der Waals surface area contributed by atoms with Gasteiger partial charge >= 0.3 is 17.9 Å². The zero-order chi connectivity index (χ0) is 18.7. The van der Waals surface area contributed by atoms with Crippen molar-refractivity contribution in [2.45, 2.75) is 52.2 Å². The van der Waals surface area contributed by atoms with Crippen molar-refractivity contribution in [2.24, 2.45) is 5.92 Å². The van der Waals surface area contributed by atoms with Crippen LogP contribution in [0.4, 0.5) is 8.78 Å². The summed E-state index contributed by atoms with van der Waals surface area (Å²) in [5.74, 6) is -7.88. The van der Waals surface area contributed by atoms with Gasteiger partial charge in [-0.15, -0.1) is 0 Å². The molecule has 5 nitrogen and oxygen atoms in total. The fraction of sp³-hybridized carbons (Fsp3) is 0.529. The highest BCUT2D eigenvalue weighted by atomic mass is 19.3. The van der Waals surface area contributed by atoms with E-state index in [-0.39, 0.29) is 5.56 Å². The van der Waals surface area contributed by atoms with Gasteiger partial charge in [0.15, 0.2) is 6.10 Å². The largest absolute Gasteiger partial charge is 0.488 e. The van der Waals surface area contributed by atoms with Crippen molar-refractivity contribution in [1.29, 1.82) is 0 Å². The zero-order valence-corrected chi connectivity index (χ0v) is 14.3. The molecule has 0 fully saturated rings. The number of alkyl halides is 2. The summed E-state index contributed by atoms with van der Waals surface area (Å²) < 4.78 is 37.7. The molecule has 0 saturated heterocycles. The third kappa shape index (κ3) is 5.18. The highest BCUT2D eigenvalue weighted by Crippen LogP contribution is 2.28. The number of hydrogen-bond donors (Lipinski definition) is 1. The molecule has 0 saturated carbocycles. The SMILES string of the molecule is CC(C)C(OC(=O)c1ccc(OC(C)(C)C)cc1)C(F)(F)C(=O)O. The standard InChI is InChI=1S/C17H22F2O5/c1-10(2)13(17(18,19)15(21)22)23-14(20)11-6-8-12(9-7-11)24-16(3,4)5/h6-10,13H,1-5H3,(H,21,22). The molecule has 1 aromatic carbocycles. The monoisotopic (exact) mass is 344 g/mol. The van der Waals surface area contributed by atoms with E-state index >= 15 is 0 Å². The summed E-state index contributed by atoms with van der Waals surface area (Å²) in [6.07, 6.45) is -2.06. The molecule has 1 atom stereocenters. The molecule has 0 aliphatic rings. The molecule has 0 heterocycles. The number of carbonyl (C=O) groups is 2. The first-order chi connectivity index (χ1) is 10.8. The Labute approximate surface area is 139 Å². The molecule has 0 aliphatic heterocycles. The maximum absolute atomic E-state index is 13.7. The lowest BCUT2D eigenvalue weighted by Crippen LogP contribution is -2.47. The van der Waals surface area contributed by atoms with E-state index in [9.17, 15) is 18.4 Å². The third-order valence-corrected chi connectivity index (χ3v) is 3.00. The van der Waals surface area contributed by atoms with Gasteiger partial charge < -0.3 is 14.6 Å². The van der Waals surface area contributed by atoms with Gasteiger partial charge in [-0.25, -0.2) is 9.59 Å². The predicted molar refractivity (Wildman–Crippen MR) is 83.4 cm³/mol. The van der Waals surface area contributed by atoms with E-state index in [2.05, 4.69) is 0 Å². The number of aliphatic carboxylic acids is 1. The summed E-state index contributed by atoms with van der Waals surface area (Å²) >= 11 is 0. The lowest BCUT2D eigenvalue weighted by atomic mass is 10.0. The summed E-state index contributed by atoms with van der Waals surface area (Å²) in [5.41, 5.74) is -0.392. The number of hydrogen-bond acceptors (Lipinski definition) is 4. The molecular weight excluding hydrogens is 322 g/mol. The van der Waals surface area contributed by atoms with E-state index in [1.54, 1.807) is 0 Å². The van der Waals surface area contributed by atoms with Gasteiger partial charge in [0.05, 0.1) is 5.56 Å². The lowest BCUT2D eigenvalue weighted by molar-refractivity contribution is -0.187. The number of carboxylic acids is 1. The smallest absolute Gasteiger partial charge is 0.378 e. The molecule has 0 aliphatic carbocycles. The number of carbonyl (C=O) groups excluding carboxylic acids is 1. The molecule has 7 heteroatoms. The number of rotatable bonds is 6. The normalized spacial score (nSPS) is 13.5. The zero-order valence-electron chi connectivity index (χ0n) is 14.3. The van der Waals surface area contributed by atoms with Crippen LogP contribution in [-0.2, 0) is 9.53 Å². The van der Waals surface area contributed by atoms with E-state index in [4.69, 9.17) is 14.6 Å². The highest BCUT2D eigenvalue weighted by molar-refractivity contribution is 5.90. The first-order valence-electron chi connectivity index (χ1n) is 7.46. The van der Waals surface area contributed by atoms with Crippen molar-refractivity contribution in [3.8, 4) is 5.75 Å². The maximum Gasteiger partial charge on any atom is 0.378 e. The van der Waals surface area contributed by atoms with Gasteiger partial charge in [0.2, 0.25) is 0 Å². The summed E-state index contributed by atoms with van der Waals surface area (Å²) in [4.78, 5) is 22.7. The van der Waals surface area contributed by atoms with E-state index in [1.165, 1.54) is 38.1 Å². The molecule has 0 amide bonds. The van der Waals surface area contributed by atoms with Gasteiger partial charge in [-0.2, -0.15) is 8.78 Å². The summed E-state index contributed by atoms with van der Waals surface area (Å²) in [6.45, 7) is 8.29. The number of benzene rings is 1. The molecule has 1 unspecified atom stereocenters. The predicted octanol–water partition coefficient (Wildman–Crippen LogP) is 3.77. The topological polar surface area (TPSA) is 72.8 Å². The Morgan fingerprint density at radius 2 is 1.58 bits per heavy atom. The van der Waals surface area contributed by atoms with Crippen LogP contribution in [0.15, 0.2) is 24.3 Å². The second kappa shape index (κ2) is 7.15. The highest BCUT2D eigenvalue weighted by Gasteiger charge is 2.51. The Morgan fingerprint density at radius 1 is 1.08 bits per heavy atom. The van der Waals surface area contributed by atoms with Crippen LogP contribution in [0, 0.1) is 5.92 Å². The van der Waals surface area contributed by atoms with Crippen molar-refractivity contribution < 1.29 is 33.0 Å². The molecular formula is C17H22F2O5. The summed E-state index contributed by atoms with van der Waals surface area (Å²) in [6, 6.07) is 5.78. The van der Waals surface area contributed by atoms with Gasteiger partial charge in [0, 0.05) is 0 Å². The molecule has 134 valence electrons. The maximum atomic E-state index is 13.7. The Kier molecular flexibility index (Phi) is 5.92. The molecule has 0 bridgehead atoms. The number of esters is 1. The summed E-state index contributed by atoms with van der Waals surface area (Å²) in [5, 5.41) is 8.63. The quantitative estimate of drug-likeness (QED) is 0.796. The van der Waals surface area contributed by atoms with E-state index < -0.39 is 35.5 Å².